The molecule has 0 unspecified atom stereocenters. The molecule has 0 spiro atoms. The second kappa shape index (κ2) is 10.2. The summed E-state index contributed by atoms with van der Waals surface area (Å²) in [6, 6.07) is 3.74. The lowest BCUT2D eigenvalue weighted by atomic mass is 10.2. The van der Waals surface area contributed by atoms with Gasteiger partial charge >= 0.3 is 12.0 Å². The summed E-state index contributed by atoms with van der Waals surface area (Å²) in [5.41, 5.74) is 5.70. The molecule has 0 atom stereocenters. The van der Waals surface area contributed by atoms with Gasteiger partial charge in [-0.15, -0.1) is 0 Å². The molecule has 0 aliphatic rings. The summed E-state index contributed by atoms with van der Waals surface area (Å²) in [5, 5.41) is 4.90. The number of carbonyl (C=O) groups is 3. The third-order valence-electron chi connectivity index (χ3n) is 3.18. The third-order valence-corrected chi connectivity index (χ3v) is 3.18. The fraction of sp³-hybridized carbons (Fsp3) is 0.438. The van der Waals surface area contributed by atoms with Gasteiger partial charge in [0.1, 0.15) is 5.82 Å². The fourth-order valence-corrected chi connectivity index (χ4v) is 1.87. The predicted molar refractivity (Wildman–Crippen MR) is 86.8 cm³/mol. The zero-order chi connectivity index (χ0) is 17.9. The van der Waals surface area contributed by atoms with Crippen LogP contribution in [-0.4, -0.2) is 31.1 Å². The number of hydrogen-bond donors (Lipinski definition) is 3. The molecule has 0 fully saturated rings. The van der Waals surface area contributed by atoms with Crippen LogP contribution >= 0.6 is 0 Å². The molecular weight excluding hydrogens is 317 g/mol. The highest BCUT2D eigenvalue weighted by atomic mass is 19.1. The Kier molecular flexibility index (Phi) is 8.24. The normalized spacial score (nSPS) is 10.1. The quantitative estimate of drug-likeness (QED) is 0.471. The SMILES string of the molecule is Cc1ccc(NC(=O)COC(=O)CCCCCNC(N)=O)cc1F. The van der Waals surface area contributed by atoms with Gasteiger partial charge in [-0.1, -0.05) is 12.5 Å². The van der Waals surface area contributed by atoms with Crippen LogP contribution in [0.2, 0.25) is 0 Å². The van der Waals surface area contributed by atoms with E-state index < -0.39 is 30.3 Å². The van der Waals surface area contributed by atoms with Crippen molar-refractivity contribution < 1.29 is 23.5 Å². The monoisotopic (exact) mass is 339 g/mol. The number of benzene rings is 1. The van der Waals surface area contributed by atoms with Crippen LogP contribution in [0.4, 0.5) is 14.9 Å². The molecule has 0 aliphatic carbocycles. The molecule has 0 heterocycles. The first-order chi connectivity index (χ1) is 11.4. The van der Waals surface area contributed by atoms with E-state index in [-0.39, 0.29) is 6.42 Å². The number of halogens is 1. The minimum Gasteiger partial charge on any atom is -0.456 e. The average Bonchev–Trinajstić information content (AvgIpc) is 2.52. The van der Waals surface area contributed by atoms with E-state index in [0.717, 1.165) is 6.42 Å². The Bertz CT molecular complexity index is 593. The number of rotatable bonds is 9. The molecule has 4 N–H and O–H groups in total. The molecule has 1 rings (SSSR count). The number of urea groups is 1. The summed E-state index contributed by atoms with van der Waals surface area (Å²) in [6.45, 7) is 1.66. The lowest BCUT2D eigenvalue weighted by Gasteiger charge is -2.07. The van der Waals surface area contributed by atoms with Crippen molar-refractivity contribution in [1.82, 2.24) is 5.32 Å². The van der Waals surface area contributed by atoms with E-state index in [4.69, 9.17) is 10.5 Å². The van der Waals surface area contributed by atoms with Crippen LogP contribution < -0.4 is 16.4 Å². The van der Waals surface area contributed by atoms with E-state index in [9.17, 15) is 18.8 Å². The molecule has 24 heavy (non-hydrogen) atoms. The zero-order valence-corrected chi connectivity index (χ0v) is 13.6. The van der Waals surface area contributed by atoms with Crippen LogP contribution in [0.1, 0.15) is 31.2 Å². The average molecular weight is 339 g/mol. The van der Waals surface area contributed by atoms with Gasteiger partial charge in [0.2, 0.25) is 0 Å². The van der Waals surface area contributed by atoms with Crippen molar-refractivity contribution in [3.63, 3.8) is 0 Å². The summed E-state index contributed by atoms with van der Waals surface area (Å²) < 4.78 is 18.2. The van der Waals surface area contributed by atoms with Crippen LogP contribution in [0.25, 0.3) is 0 Å². The van der Waals surface area contributed by atoms with E-state index in [1.54, 1.807) is 19.1 Å². The largest absolute Gasteiger partial charge is 0.456 e. The first-order valence-electron chi connectivity index (χ1n) is 7.63. The Morgan fingerprint density at radius 2 is 1.96 bits per heavy atom. The maximum Gasteiger partial charge on any atom is 0.312 e. The smallest absolute Gasteiger partial charge is 0.312 e. The zero-order valence-electron chi connectivity index (χ0n) is 13.6. The number of amides is 3. The number of nitrogens with one attached hydrogen (secondary N) is 2. The van der Waals surface area contributed by atoms with Crippen LogP contribution in [0, 0.1) is 12.7 Å². The third kappa shape index (κ3) is 8.11. The molecule has 0 bridgehead atoms. The van der Waals surface area contributed by atoms with E-state index in [2.05, 4.69) is 10.6 Å². The van der Waals surface area contributed by atoms with Gasteiger partial charge in [-0.25, -0.2) is 9.18 Å². The van der Waals surface area contributed by atoms with Crippen molar-refractivity contribution in [2.24, 2.45) is 5.73 Å². The first kappa shape index (κ1) is 19.4. The molecule has 7 nitrogen and oxygen atoms in total. The highest BCUT2D eigenvalue weighted by molar-refractivity contribution is 5.92. The molecule has 0 saturated carbocycles. The van der Waals surface area contributed by atoms with Crippen molar-refractivity contribution in [1.29, 1.82) is 0 Å². The van der Waals surface area contributed by atoms with Crippen molar-refractivity contribution in [3.05, 3.63) is 29.6 Å². The van der Waals surface area contributed by atoms with Crippen LogP contribution in [-0.2, 0) is 14.3 Å². The van der Waals surface area contributed by atoms with Gasteiger partial charge in [0, 0.05) is 18.7 Å². The molecular formula is C16H22FN3O4. The Labute approximate surface area is 139 Å². The second-order valence-corrected chi connectivity index (χ2v) is 5.27. The maximum absolute atomic E-state index is 13.3. The second-order valence-electron chi connectivity index (χ2n) is 5.27. The van der Waals surface area contributed by atoms with Gasteiger partial charge in [0.15, 0.2) is 6.61 Å². The fourth-order valence-electron chi connectivity index (χ4n) is 1.87. The number of nitrogens with two attached hydrogens (primary N) is 1. The number of unbranched alkanes of at least 4 members (excludes halogenated alkanes) is 2. The minimum atomic E-state index is -0.575. The van der Waals surface area contributed by atoms with E-state index in [1.807, 2.05) is 0 Å². The number of aryl methyl sites for hydroxylation is 1. The molecule has 0 aromatic heterocycles. The summed E-state index contributed by atoms with van der Waals surface area (Å²) in [7, 11) is 0. The summed E-state index contributed by atoms with van der Waals surface area (Å²) in [5.74, 6) is -1.43. The lowest BCUT2D eigenvalue weighted by Crippen LogP contribution is -2.29. The molecule has 1 aromatic rings. The van der Waals surface area contributed by atoms with Crippen LogP contribution in [0.3, 0.4) is 0 Å². The molecule has 1 aromatic carbocycles. The Hall–Kier alpha value is -2.64. The summed E-state index contributed by atoms with van der Waals surface area (Å²) >= 11 is 0. The van der Waals surface area contributed by atoms with E-state index >= 15 is 0 Å². The summed E-state index contributed by atoms with van der Waals surface area (Å²) in [6.07, 6.45) is 2.20. The van der Waals surface area contributed by atoms with Gasteiger partial charge in [-0.3, -0.25) is 9.59 Å². The van der Waals surface area contributed by atoms with Crippen molar-refractivity contribution in [2.45, 2.75) is 32.6 Å². The highest BCUT2D eigenvalue weighted by Crippen LogP contribution is 2.13. The first-order valence-corrected chi connectivity index (χ1v) is 7.63. The minimum absolute atomic E-state index is 0.184. The van der Waals surface area contributed by atoms with Gasteiger partial charge in [0.25, 0.3) is 5.91 Å². The molecule has 0 saturated heterocycles. The van der Waals surface area contributed by atoms with Crippen molar-refractivity contribution in [3.8, 4) is 0 Å². The molecule has 3 amide bonds. The number of hydrogen-bond acceptors (Lipinski definition) is 4. The predicted octanol–water partition coefficient (Wildman–Crippen LogP) is 1.84. The van der Waals surface area contributed by atoms with Crippen LogP contribution in [0.5, 0.6) is 0 Å². The Morgan fingerprint density at radius 1 is 1.21 bits per heavy atom. The van der Waals surface area contributed by atoms with E-state index in [0.29, 0.717) is 30.6 Å². The molecule has 0 radical (unpaired) electrons. The topological polar surface area (TPSA) is 111 Å². The number of anilines is 1. The Morgan fingerprint density at radius 3 is 2.62 bits per heavy atom. The van der Waals surface area contributed by atoms with Gasteiger partial charge in [0.05, 0.1) is 0 Å². The van der Waals surface area contributed by atoms with Gasteiger partial charge in [-0.05, 0) is 37.5 Å². The van der Waals surface area contributed by atoms with Crippen LogP contribution in [0.15, 0.2) is 18.2 Å². The van der Waals surface area contributed by atoms with Gasteiger partial charge < -0.3 is 21.1 Å². The highest BCUT2D eigenvalue weighted by Gasteiger charge is 2.09. The molecule has 132 valence electrons. The maximum atomic E-state index is 13.3. The number of esters is 1. The van der Waals surface area contributed by atoms with Crippen molar-refractivity contribution >= 4 is 23.6 Å². The number of carbonyl (C=O) groups excluding carboxylic acids is 3. The Balaban J connectivity index is 2.16. The van der Waals surface area contributed by atoms with Gasteiger partial charge in [-0.2, -0.15) is 0 Å². The summed E-state index contributed by atoms with van der Waals surface area (Å²) in [4.78, 5) is 33.6. The van der Waals surface area contributed by atoms with Crippen molar-refractivity contribution in [2.75, 3.05) is 18.5 Å². The number of primary amides is 1. The molecule has 0 aliphatic heterocycles. The lowest BCUT2D eigenvalue weighted by molar-refractivity contribution is -0.147. The number of ether oxygens (including phenoxy) is 1. The standard InChI is InChI=1S/C16H22FN3O4/c1-11-6-7-12(9-13(11)17)20-14(21)10-24-15(22)5-3-2-4-8-19-16(18)23/h6-7,9H,2-5,8,10H2,1H3,(H,20,21)(H3,18,19,23). The molecule has 8 heteroatoms. The van der Waals surface area contributed by atoms with E-state index in [1.165, 1.54) is 6.07 Å².